The molecule has 1 unspecified atom stereocenters. The van der Waals surface area contributed by atoms with Crippen LogP contribution in [0.4, 0.5) is 0 Å². The van der Waals surface area contributed by atoms with Crippen LogP contribution in [0.2, 0.25) is 0 Å². The fourth-order valence-corrected chi connectivity index (χ4v) is 4.78. The predicted molar refractivity (Wildman–Crippen MR) is 115 cm³/mol. The predicted octanol–water partition coefficient (Wildman–Crippen LogP) is 5.76. The maximum atomic E-state index is 5.97. The van der Waals surface area contributed by atoms with E-state index in [1.54, 1.807) is 0 Å². The molecule has 5 rings (SSSR count). The summed E-state index contributed by atoms with van der Waals surface area (Å²) in [6.45, 7) is 16.7. The standard InChI is InChI=1S/C25H26N2O/c1-6-25(5)17(4)28-14-20-16(3)27-13-19-15(2)18-10-8-7-9-11-22(18)26-24(19)23(27)12-21(20)25/h8-12H,3-4,6-7,13-14H2,1-2,5H3. The summed E-state index contributed by atoms with van der Waals surface area (Å²) in [5.41, 5.74) is 10.5. The van der Waals surface area contributed by atoms with Crippen molar-refractivity contribution in [3.63, 3.8) is 0 Å². The fraction of sp³-hybridized carbons (Fsp3) is 0.320. The van der Waals surface area contributed by atoms with Gasteiger partial charge in [-0.2, -0.15) is 0 Å². The highest BCUT2D eigenvalue weighted by atomic mass is 16.5. The average Bonchev–Trinajstić information content (AvgIpc) is 2.89. The van der Waals surface area contributed by atoms with E-state index in [-0.39, 0.29) is 5.41 Å². The van der Waals surface area contributed by atoms with E-state index < -0.39 is 0 Å². The van der Waals surface area contributed by atoms with Gasteiger partial charge >= 0.3 is 0 Å². The Morgan fingerprint density at radius 3 is 2.82 bits per heavy atom. The van der Waals surface area contributed by atoms with Crippen LogP contribution >= 0.6 is 0 Å². The number of ether oxygens (including phenoxy) is 1. The van der Waals surface area contributed by atoms with Crippen molar-refractivity contribution in [2.45, 2.75) is 40.2 Å². The number of nitrogens with zero attached hydrogens (tertiary/aromatic N) is 2. The monoisotopic (exact) mass is 370 g/mol. The lowest BCUT2D eigenvalue weighted by Crippen LogP contribution is -2.34. The molecular weight excluding hydrogens is 344 g/mol. The quantitative estimate of drug-likeness (QED) is 0.628. The second kappa shape index (κ2) is 5.84. The molecule has 0 spiro atoms. The van der Waals surface area contributed by atoms with Crippen LogP contribution in [-0.4, -0.2) is 16.5 Å². The third-order valence-corrected chi connectivity index (χ3v) is 6.92. The first-order valence-corrected chi connectivity index (χ1v) is 10.1. The number of allylic oxidation sites excluding steroid dienone is 4. The fourth-order valence-electron chi connectivity index (χ4n) is 4.78. The minimum Gasteiger partial charge on any atom is -0.493 e. The molecule has 1 atom stereocenters. The summed E-state index contributed by atoms with van der Waals surface area (Å²) in [5, 5.41) is 0. The summed E-state index contributed by atoms with van der Waals surface area (Å²) < 4.78 is 5.97. The SMILES string of the molecule is C=C1C2=C(C=C3c4nc5c(c(C)c4CN13)C=CCC=C5)C(C)(CC)C(=C)OC2. The number of rotatable bonds is 1. The minimum atomic E-state index is -0.193. The van der Waals surface area contributed by atoms with Crippen LogP contribution in [0.15, 0.2) is 54.0 Å². The van der Waals surface area contributed by atoms with Gasteiger partial charge in [-0.1, -0.05) is 38.3 Å². The average molecular weight is 370 g/mol. The second-order valence-electron chi connectivity index (χ2n) is 8.26. The Hall–Kier alpha value is -2.81. The maximum absolute atomic E-state index is 5.97. The molecule has 1 aromatic rings. The lowest BCUT2D eigenvalue weighted by molar-refractivity contribution is 0.148. The molecule has 3 aliphatic heterocycles. The van der Waals surface area contributed by atoms with Crippen molar-refractivity contribution < 1.29 is 4.74 Å². The van der Waals surface area contributed by atoms with Crippen LogP contribution in [0.5, 0.6) is 0 Å². The molecule has 0 saturated heterocycles. The van der Waals surface area contributed by atoms with Gasteiger partial charge in [0, 0.05) is 27.8 Å². The highest BCUT2D eigenvalue weighted by molar-refractivity contribution is 5.81. The summed E-state index contributed by atoms with van der Waals surface area (Å²) >= 11 is 0. The molecule has 1 aliphatic carbocycles. The Morgan fingerprint density at radius 2 is 2.04 bits per heavy atom. The van der Waals surface area contributed by atoms with E-state index in [2.05, 4.69) is 69.2 Å². The largest absolute Gasteiger partial charge is 0.493 e. The van der Waals surface area contributed by atoms with Crippen LogP contribution in [0.1, 0.15) is 54.8 Å². The molecule has 4 aliphatic rings. The molecule has 28 heavy (non-hydrogen) atoms. The molecule has 0 fully saturated rings. The Kier molecular flexibility index (Phi) is 3.61. The molecule has 0 bridgehead atoms. The van der Waals surface area contributed by atoms with E-state index in [4.69, 9.17) is 9.72 Å². The van der Waals surface area contributed by atoms with Gasteiger partial charge in [0.25, 0.3) is 0 Å². The zero-order valence-electron chi connectivity index (χ0n) is 16.9. The van der Waals surface area contributed by atoms with E-state index in [0.29, 0.717) is 6.61 Å². The number of hydrogen-bond acceptors (Lipinski definition) is 3. The second-order valence-corrected chi connectivity index (χ2v) is 8.26. The van der Waals surface area contributed by atoms with Crippen LogP contribution in [-0.2, 0) is 11.3 Å². The van der Waals surface area contributed by atoms with Crippen molar-refractivity contribution in [3.05, 3.63) is 82.1 Å². The molecule has 4 heterocycles. The van der Waals surface area contributed by atoms with Crippen LogP contribution in [0.3, 0.4) is 0 Å². The molecule has 0 aromatic carbocycles. The zero-order valence-corrected chi connectivity index (χ0v) is 16.9. The first-order valence-electron chi connectivity index (χ1n) is 10.1. The van der Waals surface area contributed by atoms with Gasteiger partial charge in [0.1, 0.15) is 6.61 Å². The highest BCUT2D eigenvalue weighted by Gasteiger charge is 2.43. The summed E-state index contributed by atoms with van der Waals surface area (Å²) in [5.74, 6) is 0.851. The van der Waals surface area contributed by atoms with Crippen molar-refractivity contribution in [2.75, 3.05) is 6.61 Å². The van der Waals surface area contributed by atoms with Crippen molar-refractivity contribution >= 4 is 17.8 Å². The highest BCUT2D eigenvalue weighted by Crippen LogP contribution is 2.52. The Bertz CT molecular complexity index is 1070. The zero-order chi connectivity index (χ0) is 19.6. The molecule has 3 nitrogen and oxygen atoms in total. The van der Waals surface area contributed by atoms with Crippen LogP contribution in [0.25, 0.3) is 17.8 Å². The molecule has 0 N–H and O–H groups in total. The number of hydrogen-bond donors (Lipinski definition) is 0. The van der Waals surface area contributed by atoms with Gasteiger partial charge in [-0.3, -0.25) is 0 Å². The lowest BCUT2D eigenvalue weighted by Gasteiger charge is -2.42. The van der Waals surface area contributed by atoms with Gasteiger partial charge in [0.2, 0.25) is 0 Å². The van der Waals surface area contributed by atoms with Gasteiger partial charge in [0.05, 0.1) is 29.4 Å². The van der Waals surface area contributed by atoms with E-state index in [0.717, 1.165) is 42.2 Å². The molecule has 142 valence electrons. The number of aromatic nitrogens is 1. The van der Waals surface area contributed by atoms with Gasteiger partial charge in [0.15, 0.2) is 0 Å². The molecule has 0 amide bonds. The van der Waals surface area contributed by atoms with Gasteiger partial charge in [-0.05, 0) is 50.0 Å². The minimum absolute atomic E-state index is 0.193. The Labute approximate surface area is 167 Å². The Morgan fingerprint density at radius 1 is 1.25 bits per heavy atom. The third kappa shape index (κ3) is 2.13. The molecule has 3 heteroatoms. The maximum Gasteiger partial charge on any atom is 0.115 e. The number of pyridine rings is 1. The van der Waals surface area contributed by atoms with E-state index >= 15 is 0 Å². The molecular formula is C25H26N2O. The smallest absolute Gasteiger partial charge is 0.115 e. The first-order chi connectivity index (χ1) is 13.5. The van der Waals surface area contributed by atoms with E-state index in [9.17, 15) is 0 Å². The lowest BCUT2D eigenvalue weighted by atomic mass is 9.72. The molecule has 1 aromatic heterocycles. The van der Waals surface area contributed by atoms with Crippen molar-refractivity contribution in [2.24, 2.45) is 5.41 Å². The first kappa shape index (κ1) is 17.3. The van der Waals surface area contributed by atoms with Crippen molar-refractivity contribution in [3.8, 4) is 0 Å². The van der Waals surface area contributed by atoms with Crippen molar-refractivity contribution in [1.29, 1.82) is 0 Å². The number of fused-ring (bicyclic) bond motifs is 4. The topological polar surface area (TPSA) is 25.4 Å². The summed E-state index contributed by atoms with van der Waals surface area (Å²) in [6.07, 6.45) is 13.0. The van der Waals surface area contributed by atoms with Gasteiger partial charge in [-0.25, -0.2) is 4.98 Å². The molecule has 0 saturated carbocycles. The van der Waals surface area contributed by atoms with Gasteiger partial charge < -0.3 is 9.64 Å². The normalized spacial score (nSPS) is 25.0. The summed E-state index contributed by atoms with van der Waals surface area (Å²) in [7, 11) is 0. The van der Waals surface area contributed by atoms with Crippen molar-refractivity contribution in [1.82, 2.24) is 9.88 Å². The summed E-state index contributed by atoms with van der Waals surface area (Å²) in [4.78, 5) is 7.41. The Balaban J connectivity index is 1.73. The van der Waals surface area contributed by atoms with E-state index in [1.807, 2.05) is 0 Å². The van der Waals surface area contributed by atoms with Gasteiger partial charge in [-0.15, -0.1) is 0 Å². The van der Waals surface area contributed by atoms with Crippen LogP contribution in [0, 0.1) is 12.3 Å². The van der Waals surface area contributed by atoms with E-state index in [1.165, 1.54) is 33.5 Å². The third-order valence-electron chi connectivity index (χ3n) is 6.92. The summed E-state index contributed by atoms with van der Waals surface area (Å²) in [6, 6.07) is 0. The molecule has 0 radical (unpaired) electrons. The van der Waals surface area contributed by atoms with Crippen LogP contribution < -0.4 is 0 Å².